The maximum absolute atomic E-state index is 5.82. The number of hydrogen-bond donors (Lipinski definition) is 0. The van der Waals surface area contributed by atoms with Crippen LogP contribution in [0.25, 0.3) is 0 Å². The lowest BCUT2D eigenvalue weighted by Gasteiger charge is -2.46. The molecule has 0 amide bonds. The van der Waals surface area contributed by atoms with Crippen molar-refractivity contribution in [1.82, 2.24) is 0 Å². The van der Waals surface area contributed by atoms with Crippen LogP contribution in [0.3, 0.4) is 0 Å². The van der Waals surface area contributed by atoms with Gasteiger partial charge in [-0.05, 0) is 0 Å². The standard InChI is InChI=1S/C5Cl12/c6-1(7,2(8,9)4(12,13)14)3(10,11)5(15,16)17. The van der Waals surface area contributed by atoms with Crippen LogP contribution in [0.1, 0.15) is 0 Å². The second kappa shape index (κ2) is 5.94. The number of halogens is 12. The molecule has 12 heteroatoms. The Morgan fingerprint density at radius 1 is 0.294 bits per heavy atom. The molecule has 0 N–H and O–H groups in total. The fraction of sp³-hybridized carbons (Fsp3) is 1.00. The van der Waals surface area contributed by atoms with Crippen molar-refractivity contribution in [2.24, 2.45) is 0 Å². The Kier molecular flexibility index (Phi) is 7.15. The maximum atomic E-state index is 5.82. The summed E-state index contributed by atoms with van der Waals surface area (Å²) in [6, 6.07) is 0. The van der Waals surface area contributed by atoms with Crippen LogP contribution in [0.2, 0.25) is 0 Å². The monoisotopic (exact) mass is 480 g/mol. The van der Waals surface area contributed by atoms with Crippen molar-refractivity contribution < 1.29 is 0 Å². The van der Waals surface area contributed by atoms with E-state index in [1.165, 1.54) is 0 Å². The van der Waals surface area contributed by atoms with Gasteiger partial charge in [-0.1, -0.05) is 139 Å². The molecule has 0 spiro atoms. The molecule has 0 aliphatic rings. The summed E-state index contributed by atoms with van der Waals surface area (Å²) in [5.74, 6) is 0. The Morgan fingerprint density at radius 2 is 0.471 bits per heavy atom. The summed E-state index contributed by atoms with van der Waals surface area (Å²) >= 11 is 67.8. The minimum absolute atomic E-state index is 2.36. The first-order valence-corrected chi connectivity index (χ1v) is 7.80. The average Bonchev–Trinajstić information content (AvgIpc) is 1.98. The van der Waals surface area contributed by atoms with Crippen molar-refractivity contribution in [2.75, 3.05) is 0 Å². The SMILES string of the molecule is ClC(Cl)(Cl)C(Cl)(Cl)C(Cl)(Cl)C(Cl)(Cl)C(Cl)(Cl)Cl. The smallest absolute Gasteiger partial charge is 0.0945 e. The normalized spacial score (nSPS) is 16.2. The van der Waals surface area contributed by atoms with Crippen molar-refractivity contribution >= 4 is 139 Å². The predicted octanol–water partition coefficient (Wildman–Crippen LogP) is 7.25. The maximum Gasteiger partial charge on any atom is 0.226 e. The summed E-state index contributed by atoms with van der Waals surface area (Å²) in [5.41, 5.74) is 0. The van der Waals surface area contributed by atoms with Crippen LogP contribution < -0.4 is 0 Å². The molecule has 0 aliphatic heterocycles. The van der Waals surface area contributed by atoms with E-state index in [-0.39, 0.29) is 0 Å². The summed E-state index contributed by atoms with van der Waals surface area (Å²) < 4.78 is -12.2. The topological polar surface area (TPSA) is 0 Å². The lowest BCUT2D eigenvalue weighted by molar-refractivity contribution is 0.586. The predicted molar refractivity (Wildman–Crippen MR) is 83.9 cm³/mol. The summed E-state index contributed by atoms with van der Waals surface area (Å²) in [6.45, 7) is 0. The Morgan fingerprint density at radius 3 is 0.588 bits per heavy atom. The van der Waals surface area contributed by atoms with E-state index in [9.17, 15) is 0 Å². The van der Waals surface area contributed by atoms with Gasteiger partial charge >= 0.3 is 0 Å². The molecule has 0 radical (unpaired) electrons. The Balaban J connectivity index is 5.73. The zero-order valence-electron chi connectivity index (χ0n) is 7.04. The third kappa shape index (κ3) is 3.82. The molecule has 17 heavy (non-hydrogen) atoms. The Bertz CT molecular complexity index is 250. The van der Waals surface area contributed by atoms with Gasteiger partial charge in [0.1, 0.15) is 0 Å². The first-order chi connectivity index (χ1) is 7.00. The van der Waals surface area contributed by atoms with Gasteiger partial charge in [-0.2, -0.15) is 0 Å². The largest absolute Gasteiger partial charge is 0.226 e. The van der Waals surface area contributed by atoms with Crippen LogP contribution in [0.4, 0.5) is 0 Å². The van der Waals surface area contributed by atoms with Gasteiger partial charge in [-0.15, -0.1) is 0 Å². The molecular formula is C5Cl12. The fourth-order valence-corrected chi connectivity index (χ4v) is 3.31. The van der Waals surface area contributed by atoms with Crippen LogP contribution in [0.5, 0.6) is 0 Å². The van der Waals surface area contributed by atoms with E-state index in [0.717, 1.165) is 0 Å². The molecule has 0 heterocycles. The molecular weight excluding hydrogens is 485 g/mol. The molecule has 0 aromatic carbocycles. The molecule has 0 saturated carbocycles. The van der Waals surface area contributed by atoms with Gasteiger partial charge in [0.15, 0.2) is 4.33 Å². The first kappa shape index (κ1) is 20.5. The lowest BCUT2D eigenvalue weighted by atomic mass is 10.2. The van der Waals surface area contributed by atoms with Crippen molar-refractivity contribution in [3.63, 3.8) is 0 Å². The third-order valence-corrected chi connectivity index (χ3v) is 8.54. The molecule has 104 valence electrons. The highest BCUT2D eigenvalue weighted by Crippen LogP contribution is 2.66. The van der Waals surface area contributed by atoms with Gasteiger partial charge in [0.25, 0.3) is 0 Å². The zero-order valence-corrected chi connectivity index (χ0v) is 16.1. The van der Waals surface area contributed by atoms with Crippen LogP contribution in [-0.2, 0) is 0 Å². The molecule has 0 nitrogen and oxygen atoms in total. The van der Waals surface area contributed by atoms with Crippen molar-refractivity contribution in [3.8, 4) is 0 Å². The highest BCUT2D eigenvalue weighted by molar-refractivity contribution is 6.83. The van der Waals surface area contributed by atoms with Crippen LogP contribution in [0.15, 0.2) is 0 Å². The zero-order chi connectivity index (χ0) is 14.5. The summed E-state index contributed by atoms with van der Waals surface area (Å²) in [5, 5.41) is 0. The van der Waals surface area contributed by atoms with Gasteiger partial charge in [-0.3, -0.25) is 0 Å². The number of alkyl halides is 12. The quantitative estimate of drug-likeness (QED) is 0.362. The molecule has 0 unspecified atom stereocenters. The van der Waals surface area contributed by atoms with E-state index in [2.05, 4.69) is 0 Å². The van der Waals surface area contributed by atoms with Gasteiger partial charge in [-0.25, -0.2) is 0 Å². The molecule has 0 bridgehead atoms. The van der Waals surface area contributed by atoms with Crippen LogP contribution in [-0.4, -0.2) is 20.6 Å². The van der Waals surface area contributed by atoms with Crippen LogP contribution >= 0.6 is 139 Å². The summed E-state index contributed by atoms with van der Waals surface area (Å²) in [6.07, 6.45) is 0. The van der Waals surface area contributed by atoms with E-state index in [0.29, 0.717) is 0 Å². The Hall–Kier alpha value is 3.48. The van der Waals surface area contributed by atoms with E-state index in [4.69, 9.17) is 139 Å². The van der Waals surface area contributed by atoms with Gasteiger partial charge in [0.2, 0.25) is 16.3 Å². The second-order valence-electron chi connectivity index (χ2n) is 2.72. The first-order valence-electron chi connectivity index (χ1n) is 3.27. The number of rotatable bonds is 2. The molecule has 0 aromatic heterocycles. The third-order valence-electron chi connectivity index (χ3n) is 1.50. The van der Waals surface area contributed by atoms with E-state index >= 15 is 0 Å². The van der Waals surface area contributed by atoms with Crippen molar-refractivity contribution in [1.29, 1.82) is 0 Å². The Labute approximate surface area is 158 Å². The average molecular weight is 485 g/mol. The minimum atomic E-state index is -2.53. The molecule has 0 atom stereocenters. The van der Waals surface area contributed by atoms with E-state index < -0.39 is 20.6 Å². The molecule has 0 fully saturated rings. The highest BCUT2D eigenvalue weighted by Gasteiger charge is 2.73. The van der Waals surface area contributed by atoms with Crippen molar-refractivity contribution in [3.05, 3.63) is 0 Å². The lowest BCUT2D eigenvalue weighted by Crippen LogP contribution is -2.60. The summed E-state index contributed by atoms with van der Waals surface area (Å²) in [4.78, 5) is 0. The van der Waals surface area contributed by atoms with Crippen molar-refractivity contribution in [2.45, 2.75) is 20.6 Å². The molecule has 0 aromatic rings. The van der Waals surface area contributed by atoms with Gasteiger partial charge in [0, 0.05) is 0 Å². The van der Waals surface area contributed by atoms with E-state index in [1.807, 2.05) is 0 Å². The van der Waals surface area contributed by atoms with Gasteiger partial charge in [0.05, 0.1) is 0 Å². The molecule has 0 saturated heterocycles. The fourth-order valence-electron chi connectivity index (χ4n) is 0.553. The minimum Gasteiger partial charge on any atom is -0.0945 e. The summed E-state index contributed by atoms with van der Waals surface area (Å²) in [7, 11) is 0. The number of hydrogen-bond acceptors (Lipinski definition) is 0. The molecule has 0 aliphatic carbocycles. The second-order valence-corrected chi connectivity index (χ2v) is 11.3. The highest BCUT2D eigenvalue weighted by atomic mass is 35.6. The van der Waals surface area contributed by atoms with Gasteiger partial charge < -0.3 is 0 Å². The van der Waals surface area contributed by atoms with Crippen LogP contribution in [0, 0.1) is 0 Å². The molecule has 0 rings (SSSR count). The van der Waals surface area contributed by atoms with E-state index in [1.54, 1.807) is 0 Å².